The number of nitrogens with zero attached hydrogens (tertiary/aromatic N) is 2. The minimum absolute atomic E-state index is 0.0125. The van der Waals surface area contributed by atoms with Crippen LogP contribution in [-0.4, -0.2) is 38.2 Å². The molecule has 1 aromatic heterocycles. The summed E-state index contributed by atoms with van der Waals surface area (Å²) in [5, 5.41) is 10.9. The Labute approximate surface area is 186 Å². The first-order valence-corrected chi connectivity index (χ1v) is 10.5. The number of imidazole rings is 1. The van der Waals surface area contributed by atoms with E-state index in [2.05, 4.69) is 25.9 Å². The lowest BCUT2D eigenvalue weighted by Gasteiger charge is -2.26. The summed E-state index contributed by atoms with van der Waals surface area (Å²) < 4.78 is 14.0. The van der Waals surface area contributed by atoms with E-state index in [1.807, 2.05) is 12.1 Å². The SMILES string of the molecule is O=C1C(=O)N(CCCc2ncc[nH]2)C(c2ccccc2Br)/C1=C(\O)c1ccc(F)cc1. The number of ketones is 1. The van der Waals surface area contributed by atoms with Gasteiger partial charge in [0.25, 0.3) is 11.7 Å². The number of aromatic nitrogens is 2. The molecule has 0 radical (unpaired) electrons. The number of carbonyl (C=O) groups excluding carboxylic acids is 2. The molecule has 6 nitrogen and oxygen atoms in total. The van der Waals surface area contributed by atoms with Gasteiger partial charge in [-0.1, -0.05) is 34.1 Å². The van der Waals surface area contributed by atoms with Gasteiger partial charge in [0.2, 0.25) is 0 Å². The van der Waals surface area contributed by atoms with Crippen molar-refractivity contribution in [2.45, 2.75) is 18.9 Å². The standard InChI is InChI=1S/C23H19BrFN3O3/c24-17-5-2-1-4-16(17)20-19(21(29)14-7-9-15(25)10-8-14)22(30)23(31)28(20)13-3-6-18-26-11-12-27-18/h1-2,4-5,7-12,20,29H,3,6,13H2,(H,26,27)/b21-19+. The Bertz CT molecular complexity index is 1140. The molecule has 0 aliphatic carbocycles. The van der Waals surface area contributed by atoms with Crippen molar-refractivity contribution in [3.63, 3.8) is 0 Å². The van der Waals surface area contributed by atoms with Crippen LogP contribution in [-0.2, 0) is 16.0 Å². The van der Waals surface area contributed by atoms with Crippen LogP contribution in [0.5, 0.6) is 0 Å². The highest BCUT2D eigenvalue weighted by atomic mass is 79.9. The van der Waals surface area contributed by atoms with Crippen LogP contribution in [0.3, 0.4) is 0 Å². The molecule has 1 fully saturated rings. The molecule has 8 heteroatoms. The second-order valence-electron chi connectivity index (χ2n) is 7.16. The summed E-state index contributed by atoms with van der Waals surface area (Å²) in [6, 6.07) is 11.6. The molecular weight excluding hydrogens is 465 g/mol. The number of rotatable bonds is 6. The fourth-order valence-corrected chi connectivity index (χ4v) is 4.25. The average molecular weight is 484 g/mol. The first-order valence-electron chi connectivity index (χ1n) is 9.74. The molecular formula is C23H19BrFN3O3. The first kappa shape index (κ1) is 21.0. The van der Waals surface area contributed by atoms with Crippen LogP contribution in [0.25, 0.3) is 5.76 Å². The number of H-pyrrole nitrogens is 1. The van der Waals surface area contributed by atoms with Gasteiger partial charge in [0.05, 0.1) is 11.6 Å². The molecule has 1 amide bonds. The maximum atomic E-state index is 13.3. The molecule has 0 spiro atoms. The lowest BCUT2D eigenvalue weighted by atomic mass is 9.95. The van der Waals surface area contributed by atoms with Gasteiger partial charge in [-0.3, -0.25) is 9.59 Å². The van der Waals surface area contributed by atoms with Gasteiger partial charge in [0.1, 0.15) is 17.4 Å². The van der Waals surface area contributed by atoms with Crippen molar-refractivity contribution in [2.24, 2.45) is 0 Å². The Hall–Kier alpha value is -3.26. The summed E-state index contributed by atoms with van der Waals surface area (Å²) in [6.07, 6.45) is 4.57. The summed E-state index contributed by atoms with van der Waals surface area (Å²) >= 11 is 3.50. The van der Waals surface area contributed by atoms with E-state index < -0.39 is 23.5 Å². The highest BCUT2D eigenvalue weighted by molar-refractivity contribution is 9.10. The van der Waals surface area contributed by atoms with Gasteiger partial charge in [-0.25, -0.2) is 9.37 Å². The number of likely N-dealkylation sites (tertiary alicyclic amines) is 1. The number of aliphatic hydroxyl groups is 1. The molecule has 1 aliphatic rings. The molecule has 4 rings (SSSR count). The highest BCUT2D eigenvalue weighted by Crippen LogP contribution is 2.41. The number of aryl methyl sites for hydroxylation is 1. The van der Waals surface area contributed by atoms with Gasteiger partial charge in [-0.05, 0) is 42.3 Å². The predicted octanol–water partition coefficient (Wildman–Crippen LogP) is 4.37. The second-order valence-corrected chi connectivity index (χ2v) is 8.01. The van der Waals surface area contributed by atoms with E-state index in [1.54, 1.807) is 24.5 Å². The van der Waals surface area contributed by atoms with Gasteiger partial charge in [0.15, 0.2) is 0 Å². The fourth-order valence-electron chi connectivity index (χ4n) is 3.75. The quantitative estimate of drug-likeness (QED) is 0.309. The van der Waals surface area contributed by atoms with Gasteiger partial charge in [-0.15, -0.1) is 0 Å². The van der Waals surface area contributed by atoms with Crippen molar-refractivity contribution in [1.29, 1.82) is 0 Å². The minimum atomic E-state index is -0.766. The molecule has 0 bridgehead atoms. The molecule has 0 saturated carbocycles. The minimum Gasteiger partial charge on any atom is -0.507 e. The number of amides is 1. The van der Waals surface area contributed by atoms with E-state index in [0.29, 0.717) is 29.4 Å². The summed E-state index contributed by atoms with van der Waals surface area (Å²) in [6.45, 7) is 0.303. The first-order chi connectivity index (χ1) is 15.0. The van der Waals surface area contributed by atoms with E-state index in [4.69, 9.17) is 0 Å². The Balaban J connectivity index is 1.75. The zero-order chi connectivity index (χ0) is 22.0. The number of halogens is 2. The van der Waals surface area contributed by atoms with E-state index in [1.165, 1.54) is 29.2 Å². The Morgan fingerprint density at radius 1 is 1.16 bits per heavy atom. The topological polar surface area (TPSA) is 86.3 Å². The van der Waals surface area contributed by atoms with Gasteiger partial charge >= 0.3 is 0 Å². The number of hydrogen-bond donors (Lipinski definition) is 2. The van der Waals surface area contributed by atoms with Gasteiger partial charge < -0.3 is 15.0 Å². The van der Waals surface area contributed by atoms with Gasteiger partial charge in [-0.2, -0.15) is 0 Å². The van der Waals surface area contributed by atoms with Crippen LogP contribution in [0, 0.1) is 5.82 Å². The number of hydrogen-bond acceptors (Lipinski definition) is 4. The molecule has 158 valence electrons. The van der Waals surface area contributed by atoms with Crippen LogP contribution in [0.1, 0.15) is 29.4 Å². The van der Waals surface area contributed by atoms with Crippen molar-refractivity contribution >= 4 is 33.4 Å². The molecule has 2 N–H and O–H groups in total. The van der Waals surface area contributed by atoms with E-state index in [-0.39, 0.29) is 16.9 Å². The zero-order valence-electron chi connectivity index (χ0n) is 16.4. The normalized spacial score (nSPS) is 18.0. The summed E-state index contributed by atoms with van der Waals surface area (Å²) in [7, 11) is 0. The lowest BCUT2D eigenvalue weighted by Crippen LogP contribution is -2.31. The fraction of sp³-hybridized carbons (Fsp3) is 0.174. The molecule has 31 heavy (non-hydrogen) atoms. The molecule has 2 heterocycles. The molecule has 1 unspecified atom stereocenters. The lowest BCUT2D eigenvalue weighted by molar-refractivity contribution is -0.139. The molecule has 1 atom stereocenters. The van der Waals surface area contributed by atoms with Crippen LogP contribution in [0.2, 0.25) is 0 Å². The molecule has 3 aromatic rings. The van der Waals surface area contributed by atoms with E-state index >= 15 is 0 Å². The van der Waals surface area contributed by atoms with Crippen molar-refractivity contribution in [3.8, 4) is 0 Å². The van der Waals surface area contributed by atoms with E-state index in [0.717, 1.165) is 5.82 Å². The number of aliphatic hydroxyl groups excluding tert-OH is 1. The highest BCUT2D eigenvalue weighted by Gasteiger charge is 2.46. The summed E-state index contributed by atoms with van der Waals surface area (Å²) in [5.74, 6) is -1.44. The third kappa shape index (κ3) is 4.16. The van der Waals surface area contributed by atoms with Crippen molar-refractivity contribution in [2.75, 3.05) is 6.54 Å². The monoisotopic (exact) mass is 483 g/mol. The van der Waals surface area contributed by atoms with Crippen LogP contribution >= 0.6 is 15.9 Å². The van der Waals surface area contributed by atoms with E-state index in [9.17, 15) is 19.1 Å². The Morgan fingerprint density at radius 2 is 1.90 bits per heavy atom. The summed E-state index contributed by atoms with van der Waals surface area (Å²) in [4.78, 5) is 34.6. The molecule has 1 saturated heterocycles. The summed E-state index contributed by atoms with van der Waals surface area (Å²) in [5.41, 5.74) is 0.942. The number of aromatic amines is 1. The number of nitrogens with one attached hydrogen (secondary N) is 1. The Morgan fingerprint density at radius 3 is 2.58 bits per heavy atom. The van der Waals surface area contributed by atoms with Crippen molar-refractivity contribution in [3.05, 3.63) is 93.7 Å². The smallest absolute Gasteiger partial charge is 0.295 e. The third-order valence-electron chi connectivity index (χ3n) is 5.22. The predicted molar refractivity (Wildman–Crippen MR) is 116 cm³/mol. The number of Topliss-reactive ketones (excluding diaryl/α,β-unsaturated/α-hetero) is 1. The maximum Gasteiger partial charge on any atom is 0.295 e. The van der Waals surface area contributed by atoms with Crippen LogP contribution in [0.15, 0.2) is 71.0 Å². The third-order valence-corrected chi connectivity index (χ3v) is 5.95. The van der Waals surface area contributed by atoms with Crippen LogP contribution in [0.4, 0.5) is 4.39 Å². The molecule has 2 aromatic carbocycles. The zero-order valence-corrected chi connectivity index (χ0v) is 18.0. The molecule has 1 aliphatic heterocycles. The largest absolute Gasteiger partial charge is 0.507 e. The number of carbonyl (C=O) groups is 2. The van der Waals surface area contributed by atoms with Gasteiger partial charge in [0, 0.05) is 35.4 Å². The van der Waals surface area contributed by atoms with Crippen LogP contribution < -0.4 is 0 Å². The van der Waals surface area contributed by atoms with Crippen molar-refractivity contribution < 1.29 is 19.1 Å². The number of benzene rings is 2. The maximum absolute atomic E-state index is 13.3. The second kappa shape index (κ2) is 8.85. The Kier molecular flexibility index (Phi) is 5.99. The average Bonchev–Trinajstić information content (AvgIpc) is 3.36. The van der Waals surface area contributed by atoms with Crippen molar-refractivity contribution in [1.82, 2.24) is 14.9 Å².